The van der Waals surface area contributed by atoms with E-state index in [2.05, 4.69) is 6.08 Å². The number of allylic oxidation sites excluding steroid dienone is 1. The van der Waals surface area contributed by atoms with Crippen molar-refractivity contribution in [2.24, 2.45) is 0 Å². The Bertz CT molecular complexity index is 430. The largest absolute Gasteiger partial charge is 0.329 e. The maximum Gasteiger partial charge on any atom is 0.246 e. The summed E-state index contributed by atoms with van der Waals surface area (Å²) >= 11 is 0. The van der Waals surface area contributed by atoms with Gasteiger partial charge in [0.25, 0.3) is 0 Å². The second-order valence-electron chi connectivity index (χ2n) is 5.90. The molecule has 2 saturated heterocycles. The molecule has 0 N–H and O–H groups in total. The fourth-order valence-electron chi connectivity index (χ4n) is 3.58. The monoisotopic (exact) mass is 262 g/mol. The number of piperazine rings is 1. The first-order valence-electron chi connectivity index (χ1n) is 7.47. The number of hydrogen-bond donors (Lipinski definition) is 0. The third-order valence-electron chi connectivity index (χ3n) is 4.74. The second-order valence-corrected chi connectivity index (χ2v) is 5.90. The Morgan fingerprint density at radius 1 is 1.26 bits per heavy atom. The highest BCUT2D eigenvalue weighted by Gasteiger charge is 2.45. The van der Waals surface area contributed by atoms with Crippen LogP contribution >= 0.6 is 0 Å². The van der Waals surface area contributed by atoms with E-state index in [1.54, 1.807) is 4.90 Å². The van der Waals surface area contributed by atoms with Gasteiger partial charge in [-0.2, -0.15) is 0 Å². The number of rotatable bonds is 3. The lowest BCUT2D eigenvalue weighted by Gasteiger charge is -2.41. The zero-order chi connectivity index (χ0) is 13.4. The summed E-state index contributed by atoms with van der Waals surface area (Å²) in [4.78, 5) is 28.4. The Morgan fingerprint density at radius 3 is 2.84 bits per heavy atom. The van der Waals surface area contributed by atoms with Crippen molar-refractivity contribution in [3.63, 3.8) is 0 Å². The van der Waals surface area contributed by atoms with E-state index in [4.69, 9.17) is 0 Å². The molecule has 0 radical (unpaired) electrons. The van der Waals surface area contributed by atoms with E-state index in [0.29, 0.717) is 6.54 Å². The van der Waals surface area contributed by atoms with Gasteiger partial charge < -0.3 is 9.80 Å². The van der Waals surface area contributed by atoms with Crippen LogP contribution in [0.4, 0.5) is 0 Å². The lowest BCUT2D eigenvalue weighted by Crippen LogP contribution is -2.61. The molecule has 1 aliphatic carbocycles. The summed E-state index contributed by atoms with van der Waals surface area (Å²) in [5.74, 6) is 0.311. The van der Waals surface area contributed by atoms with Gasteiger partial charge in [-0.3, -0.25) is 9.59 Å². The maximum absolute atomic E-state index is 12.5. The summed E-state index contributed by atoms with van der Waals surface area (Å²) in [7, 11) is 0. The van der Waals surface area contributed by atoms with Crippen LogP contribution in [0.25, 0.3) is 0 Å². The molecule has 2 atom stereocenters. The van der Waals surface area contributed by atoms with E-state index >= 15 is 0 Å². The van der Waals surface area contributed by atoms with Gasteiger partial charge in [-0.25, -0.2) is 0 Å². The molecular formula is C15H22N2O2. The van der Waals surface area contributed by atoms with Crippen LogP contribution in [-0.2, 0) is 9.59 Å². The van der Waals surface area contributed by atoms with E-state index in [1.807, 2.05) is 11.8 Å². The Labute approximate surface area is 114 Å². The normalized spacial score (nSPS) is 30.9. The van der Waals surface area contributed by atoms with Crippen molar-refractivity contribution in [2.75, 3.05) is 13.1 Å². The van der Waals surface area contributed by atoms with Crippen molar-refractivity contribution in [3.8, 4) is 0 Å². The molecule has 19 heavy (non-hydrogen) atoms. The van der Waals surface area contributed by atoms with Gasteiger partial charge >= 0.3 is 0 Å². The fourth-order valence-corrected chi connectivity index (χ4v) is 3.58. The SMILES string of the molecule is CC1C(=O)N2CCCC2C(=O)N1CCC1=CCCC1. The second kappa shape index (κ2) is 4.99. The number of hydrogen-bond acceptors (Lipinski definition) is 2. The van der Waals surface area contributed by atoms with Crippen LogP contribution in [0.5, 0.6) is 0 Å². The van der Waals surface area contributed by atoms with Crippen molar-refractivity contribution < 1.29 is 9.59 Å². The molecule has 0 bridgehead atoms. The molecule has 4 nitrogen and oxygen atoms in total. The van der Waals surface area contributed by atoms with Crippen LogP contribution in [0.15, 0.2) is 11.6 Å². The first kappa shape index (κ1) is 12.7. The Balaban J connectivity index is 1.69. The van der Waals surface area contributed by atoms with Gasteiger partial charge in [-0.1, -0.05) is 11.6 Å². The maximum atomic E-state index is 12.5. The number of nitrogens with zero attached hydrogens (tertiary/aromatic N) is 2. The molecule has 2 fully saturated rings. The molecule has 104 valence electrons. The number of carbonyl (C=O) groups is 2. The minimum atomic E-state index is -0.274. The number of fused-ring (bicyclic) bond motifs is 1. The minimum Gasteiger partial charge on any atom is -0.329 e. The van der Waals surface area contributed by atoms with Gasteiger partial charge in [0.15, 0.2) is 0 Å². The lowest BCUT2D eigenvalue weighted by atomic mass is 10.0. The van der Waals surface area contributed by atoms with E-state index in [0.717, 1.165) is 25.8 Å². The Kier molecular flexibility index (Phi) is 3.33. The zero-order valence-electron chi connectivity index (χ0n) is 11.6. The van der Waals surface area contributed by atoms with Gasteiger partial charge in [-0.15, -0.1) is 0 Å². The van der Waals surface area contributed by atoms with Crippen LogP contribution in [0.2, 0.25) is 0 Å². The molecule has 2 heterocycles. The summed E-state index contributed by atoms with van der Waals surface area (Å²) in [5.41, 5.74) is 1.46. The van der Waals surface area contributed by atoms with Crippen LogP contribution in [0.3, 0.4) is 0 Å². The van der Waals surface area contributed by atoms with E-state index < -0.39 is 0 Å². The summed E-state index contributed by atoms with van der Waals surface area (Å²) in [6.07, 6.45) is 8.63. The van der Waals surface area contributed by atoms with Crippen LogP contribution in [0.1, 0.15) is 45.4 Å². The average molecular weight is 262 g/mol. The van der Waals surface area contributed by atoms with Gasteiger partial charge in [0.05, 0.1) is 0 Å². The smallest absolute Gasteiger partial charge is 0.246 e. The quantitative estimate of drug-likeness (QED) is 0.726. The van der Waals surface area contributed by atoms with Crippen molar-refractivity contribution in [1.29, 1.82) is 0 Å². The summed E-state index contributed by atoms with van der Waals surface area (Å²) in [5, 5.41) is 0. The average Bonchev–Trinajstić information content (AvgIpc) is 3.07. The van der Waals surface area contributed by atoms with Gasteiger partial charge in [0, 0.05) is 13.1 Å². The molecule has 0 aromatic heterocycles. The van der Waals surface area contributed by atoms with E-state index in [-0.39, 0.29) is 23.9 Å². The van der Waals surface area contributed by atoms with Crippen molar-refractivity contribution in [2.45, 2.75) is 57.5 Å². The predicted octanol–water partition coefficient (Wildman–Crippen LogP) is 1.71. The van der Waals surface area contributed by atoms with Gasteiger partial charge in [-0.05, 0) is 45.4 Å². The third kappa shape index (κ3) is 2.17. The number of carbonyl (C=O) groups excluding carboxylic acids is 2. The van der Waals surface area contributed by atoms with Crippen molar-refractivity contribution in [1.82, 2.24) is 9.80 Å². The van der Waals surface area contributed by atoms with Crippen LogP contribution < -0.4 is 0 Å². The van der Waals surface area contributed by atoms with Crippen LogP contribution in [0, 0.1) is 0 Å². The molecule has 0 aromatic carbocycles. The molecule has 2 amide bonds. The fraction of sp³-hybridized carbons (Fsp3) is 0.733. The molecule has 0 aromatic rings. The van der Waals surface area contributed by atoms with Crippen molar-refractivity contribution in [3.05, 3.63) is 11.6 Å². The highest BCUT2D eigenvalue weighted by Crippen LogP contribution is 2.28. The molecular weight excluding hydrogens is 240 g/mol. The summed E-state index contributed by atoms with van der Waals surface area (Å²) in [6.45, 7) is 3.35. The first-order valence-corrected chi connectivity index (χ1v) is 7.47. The zero-order valence-corrected chi connectivity index (χ0v) is 11.6. The molecule has 4 heteroatoms. The topological polar surface area (TPSA) is 40.6 Å². The standard InChI is InChI=1S/C15H22N2O2/c1-11-14(18)17-9-4-7-13(17)15(19)16(11)10-8-12-5-2-3-6-12/h5,11,13H,2-4,6-10H2,1H3. The van der Waals surface area contributed by atoms with E-state index in [1.165, 1.54) is 24.8 Å². The summed E-state index contributed by atoms with van der Waals surface area (Å²) < 4.78 is 0. The lowest BCUT2D eigenvalue weighted by molar-refractivity contribution is -0.158. The van der Waals surface area contributed by atoms with Crippen LogP contribution in [-0.4, -0.2) is 46.8 Å². The molecule has 0 spiro atoms. The minimum absolute atomic E-state index is 0.141. The van der Waals surface area contributed by atoms with Gasteiger partial charge in [0.1, 0.15) is 12.1 Å². The molecule has 2 aliphatic heterocycles. The van der Waals surface area contributed by atoms with E-state index in [9.17, 15) is 9.59 Å². The predicted molar refractivity (Wildman–Crippen MR) is 72.5 cm³/mol. The molecule has 0 saturated carbocycles. The van der Waals surface area contributed by atoms with Gasteiger partial charge in [0.2, 0.25) is 11.8 Å². The third-order valence-corrected chi connectivity index (χ3v) is 4.74. The highest BCUT2D eigenvalue weighted by atomic mass is 16.2. The Hall–Kier alpha value is -1.32. The highest BCUT2D eigenvalue weighted by molar-refractivity contribution is 5.97. The molecule has 2 unspecified atom stereocenters. The first-order chi connectivity index (χ1) is 9.18. The summed E-state index contributed by atoms with van der Waals surface area (Å²) in [6, 6.07) is -0.440. The Morgan fingerprint density at radius 2 is 2.11 bits per heavy atom. The molecule has 3 aliphatic rings. The molecule has 3 rings (SSSR count). The van der Waals surface area contributed by atoms with Crippen molar-refractivity contribution >= 4 is 11.8 Å². The number of amides is 2.